The van der Waals surface area contributed by atoms with Crippen LogP contribution in [0.2, 0.25) is 0 Å². The molecule has 2 aromatic carbocycles. The highest BCUT2D eigenvalue weighted by Crippen LogP contribution is 2.50. The number of fused-ring (bicyclic) bond motifs is 1. The zero-order valence-corrected chi connectivity index (χ0v) is 21.0. The number of hydrogen-bond acceptors (Lipinski definition) is 8. The predicted molar refractivity (Wildman–Crippen MR) is 129 cm³/mol. The highest BCUT2D eigenvalue weighted by molar-refractivity contribution is 7.52. The van der Waals surface area contributed by atoms with Crippen molar-refractivity contribution >= 4 is 24.5 Å². The molecule has 0 amide bonds. The van der Waals surface area contributed by atoms with E-state index >= 15 is 0 Å². The maximum absolute atomic E-state index is 14.3. The van der Waals surface area contributed by atoms with Crippen LogP contribution in [0.1, 0.15) is 19.6 Å². The lowest BCUT2D eigenvalue weighted by Crippen LogP contribution is -2.43. The van der Waals surface area contributed by atoms with E-state index < -0.39 is 74.2 Å². The molecule has 1 aromatic heterocycles. The van der Waals surface area contributed by atoms with E-state index in [1.54, 1.807) is 35.3 Å². The lowest BCUT2D eigenvalue weighted by Gasteiger charge is -2.30. The summed E-state index contributed by atoms with van der Waals surface area (Å²) >= 11 is 0. The molecule has 6 atom stereocenters. The number of ether oxygens (including phenoxy) is 1. The monoisotopic (exact) mass is 573 g/mol. The number of alkyl halides is 2. The summed E-state index contributed by atoms with van der Waals surface area (Å²) in [5.41, 5.74) is -2.44. The minimum atomic E-state index is -4.94. The number of carbonyl (C=O) groups is 1. The molecule has 0 aliphatic carbocycles. The molecule has 1 saturated heterocycles. The molecule has 1 aliphatic rings. The van der Waals surface area contributed by atoms with Crippen LogP contribution in [0.5, 0.6) is 5.75 Å². The molecule has 12 nitrogen and oxygen atoms in total. The van der Waals surface area contributed by atoms with Crippen LogP contribution in [0.15, 0.2) is 58.3 Å². The molecule has 16 heteroatoms. The normalized spacial score (nSPS) is 22.5. The number of aliphatic hydroxyl groups is 1. The summed E-state index contributed by atoms with van der Waals surface area (Å²) < 4.78 is 72.7. The second-order valence-electron chi connectivity index (χ2n) is 8.66. The zero-order valence-electron chi connectivity index (χ0n) is 20.1. The Balaban J connectivity index is 1.66. The molecule has 0 saturated carbocycles. The van der Waals surface area contributed by atoms with Crippen molar-refractivity contribution in [1.82, 2.24) is 14.6 Å². The average Bonchev–Trinajstić information content (AvgIpc) is 3.25. The minimum Gasteiger partial charge on any atom is -0.480 e. The topological polar surface area (TPSA) is 169 Å². The van der Waals surface area contributed by atoms with Gasteiger partial charge in [0.2, 0.25) is 5.82 Å². The van der Waals surface area contributed by atoms with Crippen molar-refractivity contribution in [3.8, 4) is 5.75 Å². The van der Waals surface area contributed by atoms with Gasteiger partial charge >= 0.3 is 19.4 Å². The van der Waals surface area contributed by atoms with Crippen LogP contribution in [0.3, 0.4) is 0 Å². The third-order valence-electron chi connectivity index (χ3n) is 5.89. The molecule has 0 radical (unpaired) electrons. The number of carboxylic acid groups (broad SMARTS) is 1. The minimum absolute atomic E-state index is 0.0735. The number of aromatic nitrogens is 2. The number of carboxylic acids is 1. The first-order valence-corrected chi connectivity index (χ1v) is 13.0. The summed E-state index contributed by atoms with van der Waals surface area (Å²) in [6.07, 6.45) is -11.1. The van der Waals surface area contributed by atoms with Crippen LogP contribution in [0, 0.1) is 5.82 Å². The third-order valence-corrected chi connectivity index (χ3v) is 7.56. The predicted octanol–water partition coefficient (Wildman–Crippen LogP) is 2.38. The Morgan fingerprint density at radius 2 is 1.92 bits per heavy atom. The smallest absolute Gasteiger partial charge is 0.460 e. The van der Waals surface area contributed by atoms with Crippen molar-refractivity contribution in [3.05, 3.63) is 75.3 Å². The van der Waals surface area contributed by atoms with E-state index in [9.17, 15) is 42.3 Å². The fraction of sp³-hybridized carbons (Fsp3) is 0.348. The SMILES string of the molecule is C[C@H](N[P@](=O)(Oc1cccc2ccccc12)O[C@H](C(F)F)[C@H]1O[C@@H](n2cc(F)c(=O)[nH]c2=O)C[C@@H]1O)C(=O)O. The van der Waals surface area contributed by atoms with Crippen LogP contribution < -0.4 is 20.9 Å². The Labute approximate surface area is 217 Å². The number of aliphatic carboxylic acids is 1. The highest BCUT2D eigenvalue weighted by atomic mass is 31.2. The van der Waals surface area contributed by atoms with Crippen molar-refractivity contribution in [2.75, 3.05) is 0 Å². The zero-order chi connectivity index (χ0) is 28.5. The first-order valence-electron chi connectivity index (χ1n) is 11.5. The number of nitrogens with one attached hydrogen (secondary N) is 2. The van der Waals surface area contributed by atoms with Crippen molar-refractivity contribution in [2.24, 2.45) is 0 Å². The number of aliphatic hydroxyl groups excluding tert-OH is 1. The molecule has 4 N–H and O–H groups in total. The summed E-state index contributed by atoms with van der Waals surface area (Å²) in [4.78, 5) is 36.5. The number of rotatable bonds is 10. The summed E-state index contributed by atoms with van der Waals surface area (Å²) in [7, 11) is -4.94. The number of aromatic amines is 1. The maximum Gasteiger partial charge on any atom is 0.460 e. The van der Waals surface area contributed by atoms with Gasteiger partial charge in [0, 0.05) is 11.8 Å². The quantitative estimate of drug-likeness (QED) is 0.264. The fourth-order valence-corrected chi connectivity index (χ4v) is 5.70. The average molecular weight is 573 g/mol. The maximum atomic E-state index is 14.3. The van der Waals surface area contributed by atoms with Crippen molar-refractivity contribution in [1.29, 1.82) is 0 Å². The summed E-state index contributed by atoms with van der Waals surface area (Å²) in [6.45, 7) is 1.08. The largest absolute Gasteiger partial charge is 0.480 e. The van der Waals surface area contributed by atoms with Gasteiger partial charge in [-0.2, -0.15) is 9.48 Å². The van der Waals surface area contributed by atoms with E-state index in [0.717, 1.165) is 6.92 Å². The van der Waals surface area contributed by atoms with Crippen LogP contribution in [-0.4, -0.2) is 56.5 Å². The lowest BCUT2D eigenvalue weighted by molar-refractivity contribution is -0.139. The van der Waals surface area contributed by atoms with Crippen LogP contribution in [0.25, 0.3) is 10.8 Å². The van der Waals surface area contributed by atoms with Gasteiger partial charge in [-0.1, -0.05) is 36.4 Å². The molecule has 0 unspecified atom stereocenters. The summed E-state index contributed by atoms with van der Waals surface area (Å²) in [5.74, 6) is -2.93. The first kappa shape index (κ1) is 28.5. The van der Waals surface area contributed by atoms with Gasteiger partial charge in [0.1, 0.15) is 24.1 Å². The Morgan fingerprint density at radius 1 is 1.23 bits per heavy atom. The van der Waals surface area contributed by atoms with Gasteiger partial charge < -0.3 is 19.5 Å². The molecule has 1 aliphatic heterocycles. The first-order chi connectivity index (χ1) is 18.4. The molecule has 4 rings (SSSR count). The molecular weight excluding hydrogens is 550 g/mol. The molecule has 39 heavy (non-hydrogen) atoms. The second-order valence-corrected chi connectivity index (χ2v) is 10.3. The molecule has 0 bridgehead atoms. The fourth-order valence-electron chi connectivity index (χ4n) is 4.00. The Morgan fingerprint density at radius 3 is 2.62 bits per heavy atom. The Hall–Kier alpha value is -3.49. The highest BCUT2D eigenvalue weighted by Gasteiger charge is 2.49. The number of nitrogens with zero attached hydrogens (tertiary/aromatic N) is 1. The van der Waals surface area contributed by atoms with Gasteiger partial charge in [0.25, 0.3) is 12.0 Å². The Kier molecular flexibility index (Phi) is 8.28. The molecule has 2 heterocycles. The molecular formula is C23H23F3N3O9P. The van der Waals surface area contributed by atoms with Crippen molar-refractivity contribution in [2.45, 2.75) is 50.4 Å². The van der Waals surface area contributed by atoms with Crippen molar-refractivity contribution < 1.29 is 46.5 Å². The van der Waals surface area contributed by atoms with E-state index in [1.807, 2.05) is 0 Å². The molecule has 1 fully saturated rings. The lowest BCUT2D eigenvalue weighted by atomic mass is 10.1. The van der Waals surface area contributed by atoms with E-state index in [-0.39, 0.29) is 5.75 Å². The van der Waals surface area contributed by atoms with E-state index in [0.29, 0.717) is 21.5 Å². The molecule has 0 spiro atoms. The standard InChI is InChI=1S/C23H23F3N3O9P/c1-11(22(32)33)28-39(35,37-16-8-4-6-12-5-2-3-7-13(12)16)38-19(20(25)26)18-15(30)9-17(36-18)29-10-14(24)21(31)27-23(29)34/h2-8,10-11,15,17-20,30H,9H2,1H3,(H,28,35)(H,32,33)(H,27,31,34)/t11-,15-,17+,18-,19-,39-/m0/s1. The van der Waals surface area contributed by atoms with Gasteiger partial charge in [-0.05, 0) is 18.4 Å². The Bertz CT molecular complexity index is 1530. The van der Waals surface area contributed by atoms with Gasteiger partial charge in [-0.15, -0.1) is 0 Å². The van der Waals surface area contributed by atoms with Gasteiger partial charge in [-0.3, -0.25) is 23.7 Å². The summed E-state index contributed by atoms with van der Waals surface area (Å²) in [5, 5.41) is 22.9. The number of hydrogen-bond donors (Lipinski definition) is 4. The van der Waals surface area contributed by atoms with Crippen LogP contribution in [-0.2, 0) is 18.6 Å². The number of benzene rings is 2. The molecule has 3 aromatic rings. The number of halogens is 3. The van der Waals surface area contributed by atoms with E-state index in [2.05, 4.69) is 5.09 Å². The van der Waals surface area contributed by atoms with E-state index in [4.69, 9.17) is 13.8 Å². The number of H-pyrrole nitrogens is 1. The van der Waals surface area contributed by atoms with Crippen LogP contribution in [0.4, 0.5) is 13.2 Å². The van der Waals surface area contributed by atoms with Crippen LogP contribution >= 0.6 is 7.75 Å². The van der Waals surface area contributed by atoms with Gasteiger partial charge in [0.05, 0.1) is 12.3 Å². The third kappa shape index (κ3) is 6.23. The summed E-state index contributed by atoms with van der Waals surface area (Å²) in [6, 6.07) is 9.67. The van der Waals surface area contributed by atoms with E-state index in [1.165, 1.54) is 12.1 Å². The van der Waals surface area contributed by atoms with Gasteiger partial charge in [0.15, 0.2) is 6.10 Å². The second kappa shape index (κ2) is 11.3. The molecule has 210 valence electrons. The van der Waals surface area contributed by atoms with Gasteiger partial charge in [-0.25, -0.2) is 18.1 Å². The van der Waals surface area contributed by atoms with Crippen molar-refractivity contribution in [3.63, 3.8) is 0 Å².